The Labute approximate surface area is 230 Å². The third-order valence-electron chi connectivity index (χ3n) is 6.73. The van der Waals surface area contributed by atoms with Gasteiger partial charge in [-0.2, -0.15) is 0 Å². The minimum absolute atomic E-state index is 0.0415. The smallest absolute Gasteiger partial charge is 0.338 e. The number of benzene rings is 4. The van der Waals surface area contributed by atoms with E-state index in [1.54, 1.807) is 24.3 Å². The zero-order valence-electron chi connectivity index (χ0n) is 20.9. The molecule has 210 valence electrons. The lowest BCUT2D eigenvalue weighted by Gasteiger charge is -2.26. The number of hydrogen-bond donors (Lipinski definition) is 0. The Morgan fingerprint density at radius 2 is 1.60 bits per heavy atom. The molecule has 0 aliphatic carbocycles. The van der Waals surface area contributed by atoms with E-state index in [2.05, 4.69) is 9.08 Å². The summed E-state index contributed by atoms with van der Waals surface area (Å²) in [5, 5.41) is 2.57. The zero-order chi connectivity index (χ0) is 28.5. The van der Waals surface area contributed by atoms with Crippen molar-refractivity contribution < 1.29 is 43.8 Å². The van der Waals surface area contributed by atoms with Crippen LogP contribution in [-0.2, 0) is 32.1 Å². The molecule has 0 saturated carbocycles. The van der Waals surface area contributed by atoms with Crippen LogP contribution in [0.2, 0.25) is 0 Å². The fourth-order valence-corrected chi connectivity index (χ4v) is 5.74. The minimum Gasteiger partial charge on any atom is -0.716 e. The monoisotopic (exact) mass is 585 g/mol. The lowest BCUT2D eigenvalue weighted by Crippen LogP contribution is -2.33. The van der Waals surface area contributed by atoms with E-state index in [0.717, 1.165) is 23.6 Å². The average molecular weight is 586 g/mol. The van der Waals surface area contributed by atoms with Gasteiger partial charge in [-0.3, -0.25) is 4.90 Å². The van der Waals surface area contributed by atoms with Gasteiger partial charge in [0.2, 0.25) is 0 Å². The highest BCUT2D eigenvalue weighted by Crippen LogP contribution is 2.33. The van der Waals surface area contributed by atoms with Gasteiger partial charge in [0.1, 0.15) is 18.1 Å². The summed E-state index contributed by atoms with van der Waals surface area (Å²) in [6, 6.07) is 19.2. The van der Waals surface area contributed by atoms with E-state index in [4.69, 9.17) is 8.92 Å². The van der Waals surface area contributed by atoms with Gasteiger partial charge < -0.3 is 22.2 Å². The summed E-state index contributed by atoms with van der Waals surface area (Å²) in [6.07, 6.45) is 1.55. The molecule has 0 N–H and O–H groups in total. The summed E-state index contributed by atoms with van der Waals surface area (Å²) in [6.45, 7) is 0.994. The van der Waals surface area contributed by atoms with Gasteiger partial charge in [0.25, 0.3) is 20.8 Å². The molecule has 1 heterocycles. The highest BCUT2D eigenvalue weighted by atomic mass is 32.3. The summed E-state index contributed by atoms with van der Waals surface area (Å²) < 4.78 is 81.7. The van der Waals surface area contributed by atoms with Crippen molar-refractivity contribution in [1.29, 1.82) is 0 Å². The van der Waals surface area contributed by atoms with Gasteiger partial charge in [0.05, 0.1) is 5.56 Å². The summed E-state index contributed by atoms with van der Waals surface area (Å²) >= 11 is 0. The highest BCUT2D eigenvalue weighted by molar-refractivity contribution is 7.81. The molecule has 1 atom stereocenters. The van der Waals surface area contributed by atoms with Crippen LogP contribution in [-0.4, -0.2) is 56.0 Å². The number of ether oxygens (including phenoxy) is 1. The lowest BCUT2D eigenvalue weighted by molar-refractivity contribution is 0.0392. The van der Waals surface area contributed by atoms with Gasteiger partial charge in [-0.05, 0) is 71.3 Å². The SMILES string of the molecule is O=C(OC[C@@H]1CCCN1Cc1c(OS(=O)(=O)[O-])ccc2ccccc12)c1cccc2cc(OS(=O)(=O)[O-])ccc12. The third kappa shape index (κ3) is 6.51. The first-order valence-electron chi connectivity index (χ1n) is 12.2. The Bertz CT molecular complexity index is 1810. The quantitative estimate of drug-likeness (QED) is 0.160. The maximum Gasteiger partial charge on any atom is 0.338 e. The molecule has 0 radical (unpaired) electrons. The number of likely N-dealkylation sites (tertiary alicyclic amines) is 1. The van der Waals surface area contributed by atoms with E-state index in [9.17, 15) is 30.7 Å². The van der Waals surface area contributed by atoms with Crippen LogP contribution >= 0.6 is 0 Å². The van der Waals surface area contributed by atoms with Gasteiger partial charge in [0, 0.05) is 18.2 Å². The maximum atomic E-state index is 13.0. The summed E-state index contributed by atoms with van der Waals surface area (Å²) in [5.74, 6) is -0.800. The van der Waals surface area contributed by atoms with Gasteiger partial charge in [-0.15, -0.1) is 0 Å². The van der Waals surface area contributed by atoms with Crippen molar-refractivity contribution >= 4 is 48.3 Å². The molecule has 1 aliphatic rings. The molecule has 13 heteroatoms. The molecule has 0 amide bonds. The summed E-state index contributed by atoms with van der Waals surface area (Å²) in [5.41, 5.74) is 0.798. The molecule has 4 aromatic carbocycles. The lowest BCUT2D eigenvalue weighted by atomic mass is 10.0. The number of esters is 1. The number of carbonyl (C=O) groups is 1. The van der Waals surface area contributed by atoms with Crippen LogP contribution in [0.5, 0.6) is 11.5 Å². The van der Waals surface area contributed by atoms with Crippen molar-refractivity contribution in [2.24, 2.45) is 0 Å². The van der Waals surface area contributed by atoms with Crippen LogP contribution in [0, 0.1) is 0 Å². The van der Waals surface area contributed by atoms with E-state index < -0.39 is 26.8 Å². The van der Waals surface area contributed by atoms with Crippen molar-refractivity contribution in [3.63, 3.8) is 0 Å². The van der Waals surface area contributed by atoms with E-state index in [1.807, 2.05) is 24.3 Å². The molecule has 0 spiro atoms. The van der Waals surface area contributed by atoms with Gasteiger partial charge in [-0.1, -0.05) is 42.5 Å². The molecular weight excluding hydrogens is 562 g/mol. The molecule has 0 aromatic heterocycles. The van der Waals surface area contributed by atoms with E-state index in [-0.39, 0.29) is 36.3 Å². The Morgan fingerprint density at radius 3 is 2.38 bits per heavy atom. The minimum atomic E-state index is -4.99. The van der Waals surface area contributed by atoms with E-state index in [0.29, 0.717) is 22.9 Å². The maximum absolute atomic E-state index is 13.0. The summed E-state index contributed by atoms with van der Waals surface area (Å²) in [4.78, 5) is 15.1. The molecule has 40 heavy (non-hydrogen) atoms. The van der Waals surface area contributed by atoms with Crippen LogP contribution in [0.15, 0.2) is 72.8 Å². The number of hydrogen-bond acceptors (Lipinski definition) is 11. The predicted molar refractivity (Wildman–Crippen MR) is 142 cm³/mol. The second kappa shape index (κ2) is 11.0. The predicted octanol–water partition coefficient (Wildman–Crippen LogP) is 3.49. The number of carbonyl (C=O) groups excluding carboxylic acids is 1. The molecule has 1 fully saturated rings. The Hall–Kier alpha value is -3.75. The van der Waals surface area contributed by atoms with Gasteiger partial charge in [-0.25, -0.2) is 21.6 Å². The second-order valence-corrected chi connectivity index (χ2v) is 11.3. The molecule has 1 aliphatic heterocycles. The zero-order valence-corrected chi connectivity index (χ0v) is 22.5. The average Bonchev–Trinajstić information content (AvgIpc) is 3.33. The fraction of sp³-hybridized carbons (Fsp3) is 0.222. The third-order valence-corrected chi connectivity index (χ3v) is 7.51. The van der Waals surface area contributed by atoms with Crippen LogP contribution < -0.4 is 8.37 Å². The van der Waals surface area contributed by atoms with Crippen LogP contribution in [0.3, 0.4) is 0 Å². The van der Waals surface area contributed by atoms with Gasteiger partial charge in [0.15, 0.2) is 0 Å². The van der Waals surface area contributed by atoms with Gasteiger partial charge >= 0.3 is 5.97 Å². The van der Waals surface area contributed by atoms with Crippen molar-refractivity contribution in [3.05, 3.63) is 83.9 Å². The van der Waals surface area contributed by atoms with Crippen LogP contribution in [0.25, 0.3) is 21.5 Å². The Morgan fingerprint density at radius 1 is 0.850 bits per heavy atom. The first-order valence-corrected chi connectivity index (χ1v) is 14.9. The molecular formula is C27H23NO10S2-2. The normalized spacial score (nSPS) is 16.3. The first kappa shape index (κ1) is 27.8. The largest absolute Gasteiger partial charge is 0.716 e. The van der Waals surface area contributed by atoms with Crippen LogP contribution in [0.1, 0.15) is 28.8 Å². The molecule has 0 unspecified atom stereocenters. The van der Waals surface area contributed by atoms with Crippen LogP contribution in [0.4, 0.5) is 0 Å². The fourth-order valence-electron chi connectivity index (χ4n) is 5.02. The second-order valence-electron chi connectivity index (χ2n) is 9.30. The van der Waals surface area contributed by atoms with Crippen molar-refractivity contribution in [3.8, 4) is 11.5 Å². The van der Waals surface area contributed by atoms with E-state index >= 15 is 0 Å². The standard InChI is InChI=1S/C27H25NO10S2/c29-27(24-9-3-6-19-15-21(11-12-23(19)24)37-39(30,31)32)36-17-20-7-4-14-28(20)16-25-22-8-2-1-5-18(22)10-13-26(25)38-40(33,34)35/h1-3,5-6,8-13,15,20H,4,7,14,16-17H2,(H,30,31,32)(H,33,34,35)/p-2/t20-/m0/s1. The molecule has 4 aromatic rings. The van der Waals surface area contributed by atoms with Crippen molar-refractivity contribution in [1.82, 2.24) is 4.90 Å². The number of nitrogens with zero attached hydrogens (tertiary/aromatic N) is 1. The first-order chi connectivity index (χ1) is 19.0. The summed E-state index contributed by atoms with van der Waals surface area (Å²) in [7, 11) is -9.93. The molecule has 11 nitrogen and oxygen atoms in total. The number of rotatable bonds is 9. The van der Waals surface area contributed by atoms with E-state index in [1.165, 1.54) is 24.3 Å². The topological polar surface area (TPSA) is 162 Å². The Balaban J connectivity index is 1.34. The molecule has 1 saturated heterocycles. The van der Waals surface area contributed by atoms with Crippen molar-refractivity contribution in [2.75, 3.05) is 13.2 Å². The molecule has 5 rings (SSSR count). The Kier molecular flexibility index (Phi) is 7.66. The number of fused-ring (bicyclic) bond motifs is 2. The van der Waals surface area contributed by atoms with Crippen molar-refractivity contribution in [2.45, 2.75) is 25.4 Å². The molecule has 0 bridgehead atoms. The highest BCUT2D eigenvalue weighted by Gasteiger charge is 2.28.